The Morgan fingerprint density at radius 3 is 2.64 bits per heavy atom. The fraction of sp³-hybridized carbons (Fsp3) is 0.909. The van der Waals surface area contributed by atoms with Crippen LogP contribution in [0.4, 0.5) is 0 Å². The molecule has 0 bridgehead atoms. The molecule has 3 nitrogen and oxygen atoms in total. The number of epoxide rings is 1. The van der Waals surface area contributed by atoms with Gasteiger partial charge in [0.25, 0.3) is 0 Å². The second-order valence-corrected chi connectivity index (χ2v) is 4.24. The molecule has 80 valence electrons. The highest BCUT2D eigenvalue weighted by Gasteiger charge is 2.24. The van der Waals surface area contributed by atoms with Crippen molar-refractivity contribution in [1.82, 2.24) is 0 Å². The maximum Gasteiger partial charge on any atom is 0.306 e. The van der Waals surface area contributed by atoms with Crippen molar-refractivity contribution in [2.75, 3.05) is 6.61 Å². The molecule has 1 heterocycles. The SMILES string of the molecule is O=C(CC[C@H]1CO1)OC1CCCCC1. The van der Waals surface area contributed by atoms with Gasteiger partial charge in [-0.2, -0.15) is 0 Å². The van der Waals surface area contributed by atoms with Crippen LogP contribution in [-0.2, 0) is 14.3 Å². The van der Waals surface area contributed by atoms with Crippen LogP contribution in [0.5, 0.6) is 0 Å². The van der Waals surface area contributed by atoms with Crippen molar-refractivity contribution in [3.63, 3.8) is 0 Å². The monoisotopic (exact) mass is 198 g/mol. The Bertz CT molecular complexity index is 193. The molecule has 1 atom stereocenters. The van der Waals surface area contributed by atoms with Crippen LogP contribution in [0.2, 0.25) is 0 Å². The third-order valence-corrected chi connectivity index (χ3v) is 2.92. The zero-order valence-electron chi connectivity index (χ0n) is 8.54. The molecule has 1 aliphatic carbocycles. The zero-order valence-corrected chi connectivity index (χ0v) is 8.54. The van der Waals surface area contributed by atoms with Crippen molar-refractivity contribution >= 4 is 5.97 Å². The van der Waals surface area contributed by atoms with Crippen molar-refractivity contribution in [3.05, 3.63) is 0 Å². The first kappa shape index (κ1) is 9.97. The molecular formula is C11H18O3. The van der Waals surface area contributed by atoms with E-state index in [1.807, 2.05) is 0 Å². The highest BCUT2D eigenvalue weighted by molar-refractivity contribution is 5.69. The van der Waals surface area contributed by atoms with E-state index in [1.54, 1.807) is 0 Å². The van der Waals surface area contributed by atoms with E-state index in [-0.39, 0.29) is 12.1 Å². The van der Waals surface area contributed by atoms with Gasteiger partial charge in [0.15, 0.2) is 0 Å². The maximum atomic E-state index is 11.4. The van der Waals surface area contributed by atoms with Crippen LogP contribution in [0.25, 0.3) is 0 Å². The lowest BCUT2D eigenvalue weighted by molar-refractivity contribution is -0.150. The molecule has 1 aliphatic heterocycles. The average Bonchev–Trinajstić information content (AvgIpc) is 3.00. The largest absolute Gasteiger partial charge is 0.462 e. The summed E-state index contributed by atoms with van der Waals surface area (Å²) in [6.45, 7) is 0.830. The van der Waals surface area contributed by atoms with Crippen molar-refractivity contribution in [1.29, 1.82) is 0 Å². The third kappa shape index (κ3) is 3.29. The third-order valence-electron chi connectivity index (χ3n) is 2.92. The van der Waals surface area contributed by atoms with E-state index >= 15 is 0 Å². The Balaban J connectivity index is 1.59. The van der Waals surface area contributed by atoms with Crippen molar-refractivity contribution in [3.8, 4) is 0 Å². The van der Waals surface area contributed by atoms with Crippen LogP contribution in [0, 0.1) is 0 Å². The van der Waals surface area contributed by atoms with Crippen LogP contribution in [0.15, 0.2) is 0 Å². The lowest BCUT2D eigenvalue weighted by atomic mass is 9.98. The summed E-state index contributed by atoms with van der Waals surface area (Å²) in [5, 5.41) is 0. The van der Waals surface area contributed by atoms with Gasteiger partial charge in [0.1, 0.15) is 6.10 Å². The first-order chi connectivity index (χ1) is 6.84. The molecule has 2 rings (SSSR count). The van der Waals surface area contributed by atoms with E-state index in [0.29, 0.717) is 12.5 Å². The number of hydrogen-bond donors (Lipinski definition) is 0. The number of carbonyl (C=O) groups excluding carboxylic acids is 1. The van der Waals surface area contributed by atoms with Crippen molar-refractivity contribution < 1.29 is 14.3 Å². The Labute approximate surface area is 84.8 Å². The number of ether oxygens (including phenoxy) is 2. The predicted octanol–water partition coefficient (Wildman–Crippen LogP) is 2.04. The van der Waals surface area contributed by atoms with E-state index in [0.717, 1.165) is 25.9 Å². The summed E-state index contributed by atoms with van der Waals surface area (Å²) >= 11 is 0. The van der Waals surface area contributed by atoms with Gasteiger partial charge in [-0.1, -0.05) is 6.42 Å². The lowest BCUT2D eigenvalue weighted by Gasteiger charge is -2.21. The van der Waals surface area contributed by atoms with E-state index in [4.69, 9.17) is 9.47 Å². The summed E-state index contributed by atoms with van der Waals surface area (Å²) in [4.78, 5) is 11.4. The number of hydrogen-bond acceptors (Lipinski definition) is 3. The molecule has 0 N–H and O–H groups in total. The fourth-order valence-electron chi connectivity index (χ4n) is 1.94. The highest BCUT2D eigenvalue weighted by Crippen LogP contribution is 2.21. The zero-order chi connectivity index (χ0) is 9.80. The molecule has 0 aromatic carbocycles. The highest BCUT2D eigenvalue weighted by atomic mass is 16.6. The topological polar surface area (TPSA) is 38.8 Å². The van der Waals surface area contributed by atoms with Gasteiger partial charge in [-0.05, 0) is 32.1 Å². The van der Waals surface area contributed by atoms with Crippen LogP contribution < -0.4 is 0 Å². The van der Waals surface area contributed by atoms with E-state index in [9.17, 15) is 4.79 Å². The first-order valence-corrected chi connectivity index (χ1v) is 5.65. The Morgan fingerprint density at radius 2 is 2.00 bits per heavy atom. The summed E-state index contributed by atoms with van der Waals surface area (Å²) in [5.74, 6) is -0.0348. The summed E-state index contributed by atoms with van der Waals surface area (Å²) in [5.41, 5.74) is 0. The van der Waals surface area contributed by atoms with E-state index in [1.165, 1.54) is 19.3 Å². The minimum absolute atomic E-state index is 0.0348. The van der Waals surface area contributed by atoms with Crippen LogP contribution >= 0.6 is 0 Å². The Morgan fingerprint density at radius 1 is 1.29 bits per heavy atom. The van der Waals surface area contributed by atoms with Crippen LogP contribution in [0.1, 0.15) is 44.9 Å². The van der Waals surface area contributed by atoms with Gasteiger partial charge in [-0.3, -0.25) is 4.79 Å². The van der Waals surface area contributed by atoms with Gasteiger partial charge >= 0.3 is 5.97 Å². The molecule has 2 aliphatic rings. The predicted molar refractivity (Wildman–Crippen MR) is 51.9 cm³/mol. The molecule has 0 aromatic heterocycles. The molecule has 1 saturated carbocycles. The molecular weight excluding hydrogens is 180 g/mol. The molecule has 0 unspecified atom stereocenters. The summed E-state index contributed by atoms with van der Waals surface area (Å²) in [7, 11) is 0. The van der Waals surface area contributed by atoms with Gasteiger partial charge in [0.05, 0.1) is 12.7 Å². The first-order valence-electron chi connectivity index (χ1n) is 5.65. The van der Waals surface area contributed by atoms with Gasteiger partial charge in [-0.25, -0.2) is 0 Å². The molecule has 2 fully saturated rings. The second-order valence-electron chi connectivity index (χ2n) is 4.24. The minimum Gasteiger partial charge on any atom is -0.462 e. The van der Waals surface area contributed by atoms with Crippen molar-refractivity contribution in [2.45, 2.75) is 57.2 Å². The summed E-state index contributed by atoms with van der Waals surface area (Å²) in [6.07, 6.45) is 7.76. The molecule has 14 heavy (non-hydrogen) atoms. The summed E-state index contributed by atoms with van der Waals surface area (Å²) < 4.78 is 10.4. The molecule has 1 saturated heterocycles. The molecule has 0 spiro atoms. The molecule has 0 aromatic rings. The normalized spacial score (nSPS) is 27.3. The molecule has 3 heteroatoms. The van der Waals surface area contributed by atoms with Gasteiger partial charge < -0.3 is 9.47 Å². The second kappa shape index (κ2) is 4.78. The van der Waals surface area contributed by atoms with Gasteiger partial charge in [0.2, 0.25) is 0 Å². The number of esters is 1. The fourth-order valence-corrected chi connectivity index (χ4v) is 1.94. The standard InChI is InChI=1S/C11H18O3/c12-11(7-6-10-8-13-10)14-9-4-2-1-3-5-9/h9-10H,1-8H2/t10-/m0/s1. The quantitative estimate of drug-likeness (QED) is 0.512. The minimum atomic E-state index is -0.0348. The number of carbonyl (C=O) groups is 1. The van der Waals surface area contributed by atoms with Gasteiger partial charge in [0, 0.05) is 6.42 Å². The van der Waals surface area contributed by atoms with Crippen LogP contribution in [0.3, 0.4) is 0 Å². The smallest absolute Gasteiger partial charge is 0.306 e. The van der Waals surface area contributed by atoms with Gasteiger partial charge in [-0.15, -0.1) is 0 Å². The average molecular weight is 198 g/mol. The van der Waals surface area contributed by atoms with E-state index in [2.05, 4.69) is 0 Å². The molecule has 0 amide bonds. The molecule has 0 radical (unpaired) electrons. The number of rotatable bonds is 4. The van der Waals surface area contributed by atoms with E-state index < -0.39 is 0 Å². The van der Waals surface area contributed by atoms with Crippen LogP contribution in [-0.4, -0.2) is 24.8 Å². The lowest BCUT2D eigenvalue weighted by Crippen LogP contribution is -2.20. The maximum absolute atomic E-state index is 11.4. The Kier molecular flexibility index (Phi) is 3.40. The van der Waals surface area contributed by atoms with Crippen molar-refractivity contribution in [2.24, 2.45) is 0 Å². The Hall–Kier alpha value is -0.570. The summed E-state index contributed by atoms with van der Waals surface area (Å²) in [6, 6.07) is 0.